The van der Waals surface area contributed by atoms with Gasteiger partial charge in [-0.05, 0) is 28.3 Å². The Kier molecular flexibility index (Phi) is 8.89. The summed E-state index contributed by atoms with van der Waals surface area (Å²) in [6.07, 6.45) is 1.33. The molecule has 1 aromatic heterocycles. The van der Waals surface area contributed by atoms with Crippen LogP contribution in [0.15, 0.2) is 78.6 Å². The molecule has 44 heavy (non-hydrogen) atoms. The third-order valence-corrected chi connectivity index (χ3v) is 7.37. The molecule has 0 saturated heterocycles. The molecule has 0 atom stereocenters. The molecule has 6 aromatic rings. The molecule has 0 fully saturated rings. The van der Waals surface area contributed by atoms with Crippen molar-refractivity contribution in [3.63, 3.8) is 0 Å². The number of ketones is 1. The van der Waals surface area contributed by atoms with Crippen molar-refractivity contribution in [2.75, 3.05) is 0 Å². The summed E-state index contributed by atoms with van der Waals surface area (Å²) in [7, 11) is 0. The summed E-state index contributed by atoms with van der Waals surface area (Å²) in [5.41, 5.74) is 2.56. The minimum atomic E-state index is -0.417. The number of nitriles is 2. The molecule has 221 valence electrons. The zero-order valence-corrected chi connectivity index (χ0v) is 27.8. The first kappa shape index (κ1) is 32.2. The standard InChI is InChI=1S/C26H11N4.C11H20O2.Ir/c27-13-16-11-22-23(12-17(16)14-28)30-26-24-18-6-2-1-5-15(18)9-10-20(24)19-7-3-4-8-21(19)25(26)29-22;1-10(2,3)8(12)7-9(13)11(4,5)6;/h1-7,9-12H;7,12H,1-6H3;/q-1;;/b;8-7-;. The van der Waals surface area contributed by atoms with Crippen molar-refractivity contribution < 1.29 is 30.0 Å². The van der Waals surface area contributed by atoms with E-state index < -0.39 is 5.41 Å². The van der Waals surface area contributed by atoms with E-state index in [1.807, 2.05) is 65.8 Å². The number of aliphatic hydroxyl groups is 1. The van der Waals surface area contributed by atoms with Crippen molar-refractivity contribution in [3.05, 3.63) is 95.8 Å². The van der Waals surface area contributed by atoms with Gasteiger partial charge in [-0.1, -0.05) is 88.7 Å². The smallest absolute Gasteiger partial charge is 0.164 e. The average molecular weight is 756 g/mol. The molecule has 1 radical (unpaired) electrons. The van der Waals surface area contributed by atoms with Gasteiger partial charge in [0.1, 0.15) is 17.9 Å². The van der Waals surface area contributed by atoms with E-state index in [0.29, 0.717) is 22.2 Å². The van der Waals surface area contributed by atoms with E-state index in [-0.39, 0.29) is 37.1 Å². The Bertz CT molecular complexity index is 2200. The number of aliphatic hydroxyl groups excluding tert-OH is 1. The number of benzene rings is 5. The zero-order chi connectivity index (χ0) is 31.1. The van der Waals surface area contributed by atoms with E-state index >= 15 is 0 Å². The number of rotatable bonds is 1. The van der Waals surface area contributed by atoms with E-state index in [1.54, 1.807) is 12.1 Å². The van der Waals surface area contributed by atoms with Crippen LogP contribution in [-0.2, 0) is 24.9 Å². The second-order valence-electron chi connectivity index (χ2n) is 12.6. The van der Waals surface area contributed by atoms with Crippen LogP contribution in [-0.4, -0.2) is 20.9 Å². The molecule has 0 aliphatic carbocycles. The van der Waals surface area contributed by atoms with E-state index in [2.05, 4.69) is 48.5 Å². The maximum atomic E-state index is 11.5. The number of carbonyl (C=O) groups excluding carboxylic acids is 1. The third kappa shape index (κ3) is 6.03. The summed E-state index contributed by atoms with van der Waals surface area (Å²) < 4.78 is 0. The van der Waals surface area contributed by atoms with Crippen molar-refractivity contribution in [2.24, 2.45) is 10.8 Å². The van der Waals surface area contributed by atoms with Crippen LogP contribution in [0.2, 0.25) is 0 Å². The van der Waals surface area contributed by atoms with Gasteiger partial charge in [0.2, 0.25) is 0 Å². The van der Waals surface area contributed by atoms with Gasteiger partial charge in [0.15, 0.2) is 5.78 Å². The van der Waals surface area contributed by atoms with E-state index in [1.165, 1.54) is 6.08 Å². The molecule has 1 heterocycles. The zero-order valence-electron chi connectivity index (χ0n) is 25.4. The Hall–Kier alpha value is -4.68. The summed E-state index contributed by atoms with van der Waals surface area (Å²) in [4.78, 5) is 21.3. The monoisotopic (exact) mass is 756 g/mol. The van der Waals surface area contributed by atoms with Gasteiger partial charge in [0.25, 0.3) is 0 Å². The quantitative estimate of drug-likeness (QED) is 0.0591. The van der Waals surface area contributed by atoms with Gasteiger partial charge in [0.05, 0.1) is 27.7 Å². The molecule has 7 heteroatoms. The first-order valence-electron chi connectivity index (χ1n) is 14.0. The fourth-order valence-corrected chi connectivity index (χ4v) is 4.80. The number of nitrogens with zero attached hydrogens (tertiary/aromatic N) is 4. The molecule has 0 spiro atoms. The van der Waals surface area contributed by atoms with Crippen molar-refractivity contribution in [2.45, 2.75) is 41.5 Å². The number of carbonyl (C=O) groups is 1. The Morgan fingerprint density at radius 2 is 1.39 bits per heavy atom. The second-order valence-corrected chi connectivity index (χ2v) is 12.6. The van der Waals surface area contributed by atoms with Crippen LogP contribution in [0, 0.1) is 39.6 Å². The number of hydrogen-bond acceptors (Lipinski definition) is 6. The molecule has 6 nitrogen and oxygen atoms in total. The first-order valence-corrected chi connectivity index (χ1v) is 14.0. The van der Waals surface area contributed by atoms with Gasteiger partial charge in [-0.2, -0.15) is 10.5 Å². The number of allylic oxidation sites excluding steroid dienone is 2. The van der Waals surface area contributed by atoms with Crippen molar-refractivity contribution in [1.82, 2.24) is 9.97 Å². The number of fused-ring (bicyclic) bond motifs is 9. The van der Waals surface area contributed by atoms with E-state index in [9.17, 15) is 20.4 Å². The predicted molar refractivity (Wildman–Crippen MR) is 172 cm³/mol. The molecular formula is C37H31IrN4O2-. The van der Waals surface area contributed by atoms with Crippen molar-refractivity contribution >= 4 is 60.2 Å². The molecule has 0 saturated carbocycles. The van der Waals surface area contributed by atoms with Crippen molar-refractivity contribution in [1.29, 1.82) is 10.5 Å². The van der Waals surface area contributed by atoms with Gasteiger partial charge in [-0.3, -0.25) is 14.8 Å². The largest absolute Gasteiger partial charge is 0.512 e. The van der Waals surface area contributed by atoms with Crippen LogP contribution >= 0.6 is 0 Å². The third-order valence-electron chi connectivity index (χ3n) is 7.37. The number of hydrogen-bond donors (Lipinski definition) is 1. The summed E-state index contributed by atoms with van der Waals surface area (Å²) in [6, 6.07) is 29.2. The summed E-state index contributed by atoms with van der Waals surface area (Å²) in [5.74, 6) is 0.104. The topological polar surface area (TPSA) is 111 Å². The Morgan fingerprint density at radius 1 is 0.795 bits per heavy atom. The molecule has 0 aliphatic rings. The molecule has 0 aliphatic heterocycles. The molecule has 0 bridgehead atoms. The van der Waals surface area contributed by atoms with Crippen LogP contribution in [0.5, 0.6) is 0 Å². The summed E-state index contributed by atoms with van der Waals surface area (Å²) in [6.45, 7) is 11.1. The minimum Gasteiger partial charge on any atom is -0.512 e. The normalized spacial score (nSPS) is 12.0. The molecular weight excluding hydrogens is 725 g/mol. The first-order chi connectivity index (χ1) is 20.3. The number of aromatic nitrogens is 2. The SMILES string of the molecule is CC(C)(C)C(=O)/C=C(\O)C(C)(C)C.N#Cc1cc2nc3c4[c-]cccc4c4ccc5ccccc5c4c3nc2cc1C#N.[Ir]. The van der Waals surface area contributed by atoms with Gasteiger partial charge in [0, 0.05) is 42.5 Å². The van der Waals surface area contributed by atoms with Crippen LogP contribution in [0.1, 0.15) is 52.7 Å². The fraction of sp³-hybridized carbons (Fsp3) is 0.216. The van der Waals surface area contributed by atoms with E-state index in [0.717, 1.165) is 43.4 Å². The summed E-state index contributed by atoms with van der Waals surface area (Å²) in [5, 5.41) is 34.7. The fourth-order valence-electron chi connectivity index (χ4n) is 4.80. The molecule has 0 unspecified atom stereocenters. The van der Waals surface area contributed by atoms with Crippen molar-refractivity contribution in [3.8, 4) is 12.1 Å². The van der Waals surface area contributed by atoms with E-state index in [4.69, 9.17) is 9.97 Å². The van der Waals surface area contributed by atoms with Gasteiger partial charge >= 0.3 is 0 Å². The average Bonchev–Trinajstić information content (AvgIpc) is 2.98. The Morgan fingerprint density at radius 3 is 1.98 bits per heavy atom. The summed E-state index contributed by atoms with van der Waals surface area (Å²) >= 11 is 0. The van der Waals surface area contributed by atoms with Crippen LogP contribution in [0.4, 0.5) is 0 Å². The van der Waals surface area contributed by atoms with Crippen LogP contribution in [0.3, 0.4) is 0 Å². The predicted octanol–water partition coefficient (Wildman–Crippen LogP) is 8.87. The molecule has 1 N–H and O–H groups in total. The molecule has 0 amide bonds. The van der Waals surface area contributed by atoms with Gasteiger partial charge < -0.3 is 5.11 Å². The second kappa shape index (κ2) is 12.1. The van der Waals surface area contributed by atoms with Crippen LogP contribution < -0.4 is 0 Å². The van der Waals surface area contributed by atoms with Gasteiger partial charge in [-0.25, -0.2) is 0 Å². The van der Waals surface area contributed by atoms with Crippen LogP contribution in [0.25, 0.3) is 54.4 Å². The molecule has 6 rings (SSSR count). The Balaban J connectivity index is 0.000000271. The van der Waals surface area contributed by atoms with Gasteiger partial charge in [-0.15, -0.1) is 29.7 Å². The maximum Gasteiger partial charge on any atom is 0.164 e. The minimum absolute atomic E-state index is 0. The Labute approximate surface area is 270 Å². The molecule has 5 aromatic carbocycles. The maximum absolute atomic E-state index is 11.5.